The Balaban J connectivity index is 1.84. The van der Waals surface area contributed by atoms with Crippen LogP contribution in [-0.2, 0) is 11.2 Å². The van der Waals surface area contributed by atoms with Crippen molar-refractivity contribution in [3.8, 4) is 0 Å². The first kappa shape index (κ1) is 10.1. The fraction of sp³-hybridized carbons (Fsp3) is 0.273. The molecule has 2 aliphatic rings. The smallest absolute Gasteiger partial charge is 0.247 e. The zero-order valence-electron chi connectivity index (χ0n) is 9.10. The number of piperazine rings is 1. The average molecular weight is 229 g/mol. The van der Waals surface area contributed by atoms with E-state index in [4.69, 9.17) is 0 Å². The van der Waals surface area contributed by atoms with Gasteiger partial charge in [-0.2, -0.15) is 0 Å². The van der Waals surface area contributed by atoms with Crippen molar-refractivity contribution in [1.82, 2.24) is 20.6 Å². The molecule has 2 aliphatic heterocycles. The second kappa shape index (κ2) is 3.74. The summed E-state index contributed by atoms with van der Waals surface area (Å²) in [6.45, 7) is 4.28. The standard InChI is InChI=1S/C11H11N5O/c1-6-3-13-10(11(17)15-6)8-2-7-9(16-8)4-12-5-14-7/h4-5,10,13H,1-3H2,(H,15,17). The molecular formula is C11H11N5O. The van der Waals surface area contributed by atoms with E-state index in [0.29, 0.717) is 18.7 Å². The lowest BCUT2D eigenvalue weighted by Crippen LogP contribution is -2.55. The molecule has 0 aromatic carbocycles. The molecule has 0 bridgehead atoms. The van der Waals surface area contributed by atoms with Crippen LogP contribution >= 0.6 is 0 Å². The van der Waals surface area contributed by atoms with Crippen molar-refractivity contribution < 1.29 is 4.79 Å². The fourth-order valence-electron chi connectivity index (χ4n) is 1.99. The van der Waals surface area contributed by atoms with Crippen molar-refractivity contribution in [3.05, 3.63) is 30.5 Å². The number of nitrogens with one attached hydrogen (secondary N) is 2. The van der Waals surface area contributed by atoms with Gasteiger partial charge in [0, 0.05) is 18.7 Å². The second-order valence-electron chi connectivity index (χ2n) is 4.04. The molecule has 0 saturated carbocycles. The first-order valence-electron chi connectivity index (χ1n) is 5.32. The minimum Gasteiger partial charge on any atom is -0.327 e. The van der Waals surface area contributed by atoms with E-state index in [1.807, 2.05) is 0 Å². The van der Waals surface area contributed by atoms with E-state index in [9.17, 15) is 4.79 Å². The molecule has 1 atom stereocenters. The van der Waals surface area contributed by atoms with Crippen LogP contribution in [0.25, 0.3) is 0 Å². The van der Waals surface area contributed by atoms with E-state index in [-0.39, 0.29) is 5.91 Å². The second-order valence-corrected chi connectivity index (χ2v) is 4.04. The molecule has 1 fully saturated rings. The van der Waals surface area contributed by atoms with Gasteiger partial charge < -0.3 is 5.32 Å². The first-order chi connectivity index (χ1) is 8.24. The van der Waals surface area contributed by atoms with Gasteiger partial charge in [0.1, 0.15) is 18.1 Å². The Morgan fingerprint density at radius 1 is 1.47 bits per heavy atom. The lowest BCUT2D eigenvalue weighted by molar-refractivity contribution is -0.121. The molecule has 0 radical (unpaired) electrons. The molecule has 6 nitrogen and oxygen atoms in total. The minimum atomic E-state index is -0.394. The Morgan fingerprint density at radius 2 is 2.35 bits per heavy atom. The molecule has 2 N–H and O–H groups in total. The van der Waals surface area contributed by atoms with Crippen LogP contribution in [0.5, 0.6) is 0 Å². The number of fused-ring (bicyclic) bond motifs is 1. The summed E-state index contributed by atoms with van der Waals surface area (Å²) < 4.78 is 0. The van der Waals surface area contributed by atoms with Crippen LogP contribution in [0.15, 0.2) is 29.8 Å². The largest absolute Gasteiger partial charge is 0.327 e. The Labute approximate surface area is 97.9 Å². The average Bonchev–Trinajstić information content (AvgIpc) is 2.72. The van der Waals surface area contributed by atoms with Gasteiger partial charge in [-0.25, -0.2) is 9.97 Å². The van der Waals surface area contributed by atoms with Gasteiger partial charge in [-0.15, -0.1) is 0 Å². The Kier molecular flexibility index (Phi) is 2.22. The Morgan fingerprint density at radius 3 is 3.12 bits per heavy atom. The van der Waals surface area contributed by atoms with Gasteiger partial charge in [0.2, 0.25) is 5.91 Å². The van der Waals surface area contributed by atoms with E-state index in [2.05, 4.69) is 32.2 Å². The van der Waals surface area contributed by atoms with Crippen LogP contribution in [0.3, 0.4) is 0 Å². The topological polar surface area (TPSA) is 79.3 Å². The predicted octanol–water partition coefficient (Wildman–Crippen LogP) is -0.293. The molecule has 3 rings (SSSR count). The number of rotatable bonds is 1. The van der Waals surface area contributed by atoms with Crippen LogP contribution in [-0.4, -0.2) is 34.2 Å². The summed E-state index contributed by atoms with van der Waals surface area (Å²) in [5.74, 6) is -0.110. The third-order valence-corrected chi connectivity index (χ3v) is 2.80. The summed E-state index contributed by atoms with van der Waals surface area (Å²) in [7, 11) is 0. The van der Waals surface area contributed by atoms with Crippen molar-refractivity contribution in [2.75, 3.05) is 6.54 Å². The van der Waals surface area contributed by atoms with Crippen LogP contribution < -0.4 is 10.6 Å². The summed E-state index contributed by atoms with van der Waals surface area (Å²) in [6.07, 6.45) is 3.75. The van der Waals surface area contributed by atoms with Crippen LogP contribution in [0.1, 0.15) is 5.69 Å². The number of hydrogen-bond donors (Lipinski definition) is 2. The molecule has 1 aromatic heterocycles. The molecule has 86 valence electrons. The van der Waals surface area contributed by atoms with E-state index in [1.165, 1.54) is 6.33 Å². The summed E-state index contributed by atoms with van der Waals surface area (Å²) in [6, 6.07) is -0.394. The van der Waals surface area contributed by atoms with Gasteiger partial charge in [-0.1, -0.05) is 6.58 Å². The number of carbonyl (C=O) groups is 1. The summed E-state index contributed by atoms with van der Waals surface area (Å²) >= 11 is 0. The van der Waals surface area contributed by atoms with E-state index < -0.39 is 6.04 Å². The highest BCUT2D eigenvalue weighted by atomic mass is 16.2. The number of hydrogen-bond acceptors (Lipinski definition) is 5. The first-order valence-corrected chi connectivity index (χ1v) is 5.32. The van der Waals surface area contributed by atoms with Gasteiger partial charge in [0.15, 0.2) is 0 Å². The normalized spacial score (nSPS) is 23.1. The summed E-state index contributed by atoms with van der Waals surface area (Å²) in [5.41, 5.74) is 3.09. The number of nitrogens with zero attached hydrogens (tertiary/aromatic N) is 3. The van der Waals surface area contributed by atoms with Crippen molar-refractivity contribution in [2.24, 2.45) is 4.99 Å². The summed E-state index contributed by atoms with van der Waals surface area (Å²) in [4.78, 5) is 24.2. The number of aliphatic imine (C=N–C) groups is 1. The summed E-state index contributed by atoms with van der Waals surface area (Å²) in [5, 5.41) is 5.83. The van der Waals surface area contributed by atoms with E-state index >= 15 is 0 Å². The number of aromatic nitrogens is 2. The van der Waals surface area contributed by atoms with Crippen LogP contribution in [0, 0.1) is 0 Å². The molecule has 0 aliphatic carbocycles. The Bertz CT molecular complexity index is 536. The molecule has 6 heteroatoms. The van der Waals surface area contributed by atoms with Gasteiger partial charge in [0.05, 0.1) is 17.6 Å². The maximum absolute atomic E-state index is 11.8. The SMILES string of the molecule is C=C1CNC(C2=Nc3cncnc3C2)C(=O)N1. The van der Waals surface area contributed by atoms with Crippen molar-refractivity contribution in [3.63, 3.8) is 0 Å². The molecule has 1 amide bonds. The molecule has 3 heterocycles. The third kappa shape index (κ3) is 1.72. The lowest BCUT2D eigenvalue weighted by Gasteiger charge is -2.24. The molecular weight excluding hydrogens is 218 g/mol. The highest BCUT2D eigenvalue weighted by Gasteiger charge is 2.31. The number of amides is 1. The molecule has 1 aromatic rings. The maximum atomic E-state index is 11.8. The highest BCUT2D eigenvalue weighted by molar-refractivity contribution is 6.12. The van der Waals surface area contributed by atoms with E-state index in [1.54, 1.807) is 6.20 Å². The monoisotopic (exact) mass is 229 g/mol. The van der Waals surface area contributed by atoms with Crippen LogP contribution in [0.4, 0.5) is 5.69 Å². The molecule has 17 heavy (non-hydrogen) atoms. The van der Waals surface area contributed by atoms with Gasteiger partial charge in [-0.05, 0) is 0 Å². The fourth-order valence-corrected chi connectivity index (χ4v) is 1.99. The van der Waals surface area contributed by atoms with Crippen LogP contribution in [0.2, 0.25) is 0 Å². The van der Waals surface area contributed by atoms with Gasteiger partial charge in [-0.3, -0.25) is 15.1 Å². The highest BCUT2D eigenvalue weighted by Crippen LogP contribution is 2.24. The Hall–Kier alpha value is -2.08. The zero-order chi connectivity index (χ0) is 11.8. The molecule has 0 spiro atoms. The maximum Gasteiger partial charge on any atom is 0.247 e. The van der Waals surface area contributed by atoms with Crippen molar-refractivity contribution >= 4 is 17.3 Å². The molecule has 1 unspecified atom stereocenters. The van der Waals surface area contributed by atoms with Gasteiger partial charge >= 0.3 is 0 Å². The van der Waals surface area contributed by atoms with Crippen molar-refractivity contribution in [2.45, 2.75) is 12.5 Å². The molecule has 1 saturated heterocycles. The van der Waals surface area contributed by atoms with Crippen molar-refractivity contribution in [1.29, 1.82) is 0 Å². The van der Waals surface area contributed by atoms with E-state index in [0.717, 1.165) is 17.1 Å². The zero-order valence-corrected chi connectivity index (χ0v) is 9.10. The van der Waals surface area contributed by atoms with Gasteiger partial charge in [0.25, 0.3) is 0 Å². The lowest BCUT2D eigenvalue weighted by atomic mass is 10.1. The third-order valence-electron chi connectivity index (χ3n) is 2.80. The predicted molar refractivity (Wildman–Crippen MR) is 61.9 cm³/mol. The number of carbonyl (C=O) groups excluding carboxylic acids is 1. The minimum absolute atomic E-state index is 0.110. The quantitative estimate of drug-likeness (QED) is 0.693.